The van der Waals surface area contributed by atoms with Crippen LogP contribution in [0.25, 0.3) is 12.2 Å². The van der Waals surface area contributed by atoms with Gasteiger partial charge >= 0.3 is 0 Å². The molecule has 0 saturated heterocycles. The van der Waals surface area contributed by atoms with Gasteiger partial charge in [0, 0.05) is 34.1 Å². The molecule has 0 amide bonds. The Hall–Kier alpha value is -6.48. The Morgan fingerprint density at radius 1 is 0.537 bits per heavy atom. The number of hydrogen-bond donors (Lipinski definition) is 4. The summed E-state index contributed by atoms with van der Waals surface area (Å²) in [5.41, 5.74) is 10.5. The molecule has 274 valence electrons. The number of aliphatic hydroxyl groups is 4. The number of aliphatic hydroxyl groups excluding tert-OH is 4. The van der Waals surface area contributed by atoms with Gasteiger partial charge < -0.3 is 39.7 Å². The summed E-state index contributed by atoms with van der Waals surface area (Å²) >= 11 is 0. The second-order valence-electron chi connectivity index (χ2n) is 12.9. The minimum Gasteiger partial charge on any atom is -0.512 e. The number of nitrogens with zero attached hydrogens (tertiary/aromatic N) is 2. The summed E-state index contributed by atoms with van der Waals surface area (Å²) in [4.78, 5) is 4.35. The first kappa shape index (κ1) is 37.3. The third kappa shape index (κ3) is 9.68. The van der Waals surface area contributed by atoms with Gasteiger partial charge in [-0.3, -0.25) is 0 Å². The molecule has 0 aliphatic rings. The molecule has 8 heteroatoms. The van der Waals surface area contributed by atoms with E-state index >= 15 is 0 Å². The molecule has 6 aromatic carbocycles. The molecule has 54 heavy (non-hydrogen) atoms. The van der Waals surface area contributed by atoms with Crippen molar-refractivity contribution in [3.63, 3.8) is 0 Å². The summed E-state index contributed by atoms with van der Waals surface area (Å²) in [6, 6.07) is 48.8. The Labute approximate surface area is 316 Å². The van der Waals surface area contributed by atoms with Gasteiger partial charge in [0.25, 0.3) is 0 Å². The molecular formula is C46H44N2O6. The van der Waals surface area contributed by atoms with E-state index in [0.29, 0.717) is 17.8 Å². The Kier molecular flexibility index (Phi) is 12.3. The second-order valence-corrected chi connectivity index (χ2v) is 12.9. The molecule has 0 saturated carbocycles. The van der Waals surface area contributed by atoms with Crippen LogP contribution in [0, 0.1) is 13.8 Å². The van der Waals surface area contributed by atoms with Crippen LogP contribution in [-0.4, -0.2) is 46.4 Å². The topological polar surface area (TPSA) is 106 Å². The summed E-state index contributed by atoms with van der Waals surface area (Å²) in [5, 5.41) is 37.3. The Morgan fingerprint density at radius 3 is 1.22 bits per heavy atom. The van der Waals surface area contributed by atoms with E-state index in [2.05, 4.69) is 133 Å². The van der Waals surface area contributed by atoms with Crippen molar-refractivity contribution in [3.8, 4) is 11.5 Å². The SMILES string of the molecule is Cc1ccc(N(c2ccc(C)cc2)c2ccc(C=Cc3ccc(N(c4ccc(OC/C(O)=C\O)cc4)c4ccc(OCC(O)CO)cc4)cc3)cc2)cc1. The van der Waals surface area contributed by atoms with Gasteiger partial charge in [0.15, 0.2) is 5.76 Å². The lowest BCUT2D eigenvalue weighted by molar-refractivity contribution is 0.0536. The van der Waals surface area contributed by atoms with E-state index < -0.39 is 6.10 Å². The fourth-order valence-electron chi connectivity index (χ4n) is 5.77. The molecule has 6 aromatic rings. The molecule has 0 bridgehead atoms. The van der Waals surface area contributed by atoms with Crippen molar-refractivity contribution in [2.75, 3.05) is 29.6 Å². The predicted molar refractivity (Wildman–Crippen MR) is 218 cm³/mol. The maximum Gasteiger partial charge on any atom is 0.164 e. The van der Waals surface area contributed by atoms with Crippen LogP contribution in [0.4, 0.5) is 34.1 Å². The quantitative estimate of drug-likeness (QED) is 0.0614. The zero-order chi connectivity index (χ0) is 37.9. The van der Waals surface area contributed by atoms with Crippen molar-refractivity contribution < 1.29 is 29.9 Å². The molecular weight excluding hydrogens is 677 g/mol. The number of benzene rings is 6. The molecule has 4 N–H and O–H groups in total. The maximum atomic E-state index is 9.68. The monoisotopic (exact) mass is 720 g/mol. The van der Waals surface area contributed by atoms with Gasteiger partial charge in [-0.25, -0.2) is 0 Å². The van der Waals surface area contributed by atoms with Crippen LogP contribution >= 0.6 is 0 Å². The molecule has 0 radical (unpaired) electrons. The lowest BCUT2D eigenvalue weighted by Crippen LogP contribution is -2.21. The normalized spacial score (nSPS) is 12.0. The number of aryl methyl sites for hydroxylation is 2. The minimum absolute atomic E-state index is 0.0134. The van der Waals surface area contributed by atoms with Gasteiger partial charge in [0.05, 0.1) is 6.61 Å². The van der Waals surface area contributed by atoms with Crippen molar-refractivity contribution in [2.24, 2.45) is 0 Å². The van der Waals surface area contributed by atoms with E-state index in [9.17, 15) is 10.2 Å². The number of hydrogen-bond acceptors (Lipinski definition) is 8. The smallest absolute Gasteiger partial charge is 0.164 e. The Balaban J connectivity index is 1.22. The molecule has 1 unspecified atom stereocenters. The highest BCUT2D eigenvalue weighted by atomic mass is 16.5. The van der Waals surface area contributed by atoms with Gasteiger partial charge in [-0.15, -0.1) is 0 Å². The van der Waals surface area contributed by atoms with Crippen molar-refractivity contribution in [1.29, 1.82) is 0 Å². The first-order valence-electron chi connectivity index (χ1n) is 17.7. The molecule has 0 aliphatic heterocycles. The van der Waals surface area contributed by atoms with Crippen LogP contribution in [0.5, 0.6) is 11.5 Å². The minimum atomic E-state index is -0.956. The first-order valence-corrected chi connectivity index (χ1v) is 17.7. The highest BCUT2D eigenvalue weighted by Crippen LogP contribution is 2.37. The van der Waals surface area contributed by atoms with Crippen LogP contribution < -0.4 is 19.3 Å². The van der Waals surface area contributed by atoms with Crippen molar-refractivity contribution >= 4 is 46.3 Å². The second kappa shape index (κ2) is 17.8. The van der Waals surface area contributed by atoms with E-state index in [0.717, 1.165) is 45.3 Å². The molecule has 8 nitrogen and oxygen atoms in total. The maximum absolute atomic E-state index is 9.68. The average molecular weight is 721 g/mol. The molecule has 0 spiro atoms. The zero-order valence-corrected chi connectivity index (χ0v) is 30.3. The number of ether oxygens (including phenoxy) is 2. The van der Waals surface area contributed by atoms with Crippen molar-refractivity contribution in [1.82, 2.24) is 0 Å². The highest BCUT2D eigenvalue weighted by Gasteiger charge is 2.15. The van der Waals surface area contributed by atoms with E-state index in [4.69, 9.17) is 19.7 Å². The zero-order valence-electron chi connectivity index (χ0n) is 30.3. The van der Waals surface area contributed by atoms with Crippen LogP contribution in [-0.2, 0) is 0 Å². The third-order valence-electron chi connectivity index (χ3n) is 8.73. The van der Waals surface area contributed by atoms with Gasteiger partial charge in [-0.05, 0) is 122 Å². The average Bonchev–Trinajstić information content (AvgIpc) is 3.21. The summed E-state index contributed by atoms with van der Waals surface area (Å²) in [6.45, 7) is 3.66. The molecule has 1 atom stereocenters. The summed E-state index contributed by atoms with van der Waals surface area (Å²) in [6.07, 6.45) is 3.85. The molecule has 0 fully saturated rings. The standard InChI is InChI=1S/C46H44N2O6/c1-33-3-13-37(14-4-33)47(38-15-5-34(2)6-16-38)39-17-9-35(10-18-39)7-8-36-11-19-40(20-12-36)48(41-21-25-45(26-22-41)53-31-43(51)29-49)42-23-27-46(28-24-42)54-32-44(52)30-50/h3-29,44,49-52H,30-32H2,1-2H3/b8-7?,43-29+. The van der Waals surface area contributed by atoms with Gasteiger partial charge in [-0.2, -0.15) is 0 Å². The number of rotatable bonds is 15. The summed E-state index contributed by atoms with van der Waals surface area (Å²) in [5.74, 6) is 0.826. The highest BCUT2D eigenvalue weighted by molar-refractivity contribution is 5.80. The van der Waals surface area contributed by atoms with Crippen LogP contribution in [0.3, 0.4) is 0 Å². The lowest BCUT2D eigenvalue weighted by atomic mass is 10.1. The van der Waals surface area contributed by atoms with Crippen LogP contribution in [0.1, 0.15) is 22.3 Å². The molecule has 0 aliphatic carbocycles. The van der Waals surface area contributed by atoms with Crippen LogP contribution in [0.15, 0.2) is 158 Å². The Morgan fingerprint density at radius 2 is 0.870 bits per heavy atom. The predicted octanol–water partition coefficient (Wildman–Crippen LogP) is 10.5. The van der Waals surface area contributed by atoms with Crippen molar-refractivity contribution in [2.45, 2.75) is 20.0 Å². The van der Waals surface area contributed by atoms with Gasteiger partial charge in [0.1, 0.15) is 37.1 Å². The fourth-order valence-corrected chi connectivity index (χ4v) is 5.77. The van der Waals surface area contributed by atoms with Gasteiger partial charge in [-0.1, -0.05) is 71.8 Å². The third-order valence-corrected chi connectivity index (χ3v) is 8.73. The van der Waals surface area contributed by atoms with E-state index in [-0.39, 0.29) is 25.6 Å². The summed E-state index contributed by atoms with van der Waals surface area (Å²) in [7, 11) is 0. The fraction of sp³-hybridized carbons (Fsp3) is 0.130. The van der Waals surface area contributed by atoms with E-state index in [1.165, 1.54) is 11.1 Å². The lowest BCUT2D eigenvalue weighted by Gasteiger charge is -2.26. The van der Waals surface area contributed by atoms with Gasteiger partial charge in [0.2, 0.25) is 0 Å². The Bertz CT molecular complexity index is 2080. The van der Waals surface area contributed by atoms with Crippen LogP contribution in [0.2, 0.25) is 0 Å². The van der Waals surface area contributed by atoms with E-state index in [1.54, 1.807) is 12.1 Å². The van der Waals surface area contributed by atoms with E-state index in [1.807, 2.05) is 36.4 Å². The number of anilines is 6. The largest absolute Gasteiger partial charge is 0.512 e. The molecule has 0 heterocycles. The molecule has 6 rings (SSSR count). The molecule has 0 aromatic heterocycles. The summed E-state index contributed by atoms with van der Waals surface area (Å²) < 4.78 is 11.2. The van der Waals surface area contributed by atoms with Crippen molar-refractivity contribution in [3.05, 3.63) is 180 Å². The first-order chi connectivity index (χ1) is 26.3.